The van der Waals surface area contributed by atoms with Crippen LogP contribution in [0, 0.1) is 5.41 Å². The molecule has 0 aliphatic rings. The van der Waals surface area contributed by atoms with Gasteiger partial charge in [-0.05, 0) is 0 Å². The van der Waals surface area contributed by atoms with Crippen molar-refractivity contribution in [2.75, 3.05) is 7.11 Å². The van der Waals surface area contributed by atoms with Crippen LogP contribution in [0.4, 0.5) is 0 Å². The topological polar surface area (TPSA) is 83.8 Å². The first-order valence-electron chi connectivity index (χ1n) is 4.62. The van der Waals surface area contributed by atoms with Crippen LogP contribution in [-0.2, 0) is 14.3 Å². The Kier molecular flexibility index (Phi) is 4.75. The van der Waals surface area contributed by atoms with Crippen LogP contribution < -0.4 is 0 Å². The molecule has 0 fully saturated rings. The van der Waals surface area contributed by atoms with Crippen LogP contribution in [0.15, 0.2) is 23.7 Å². The van der Waals surface area contributed by atoms with Gasteiger partial charge in [0.05, 0.1) is 13.2 Å². The lowest BCUT2D eigenvalue weighted by Crippen LogP contribution is -2.18. The highest BCUT2D eigenvalue weighted by Crippen LogP contribution is 2.17. The zero-order valence-electron chi connectivity index (χ0n) is 9.77. The summed E-state index contributed by atoms with van der Waals surface area (Å²) in [6, 6.07) is 0. The number of rotatable bonds is 3. The minimum Gasteiger partial charge on any atom is -0.504 e. The maximum Gasteiger partial charge on any atom is 0.334 e. The molecule has 2 N–H and O–H groups in total. The lowest BCUT2D eigenvalue weighted by molar-refractivity contribution is -0.135. The number of hydrogen-bond donors (Lipinski definition) is 2. The van der Waals surface area contributed by atoms with E-state index in [0.29, 0.717) is 6.08 Å². The second-order valence-corrected chi connectivity index (χ2v) is 4.20. The van der Waals surface area contributed by atoms with Crippen LogP contribution in [0.5, 0.6) is 0 Å². The smallest absolute Gasteiger partial charge is 0.334 e. The van der Waals surface area contributed by atoms with Gasteiger partial charge in [0.15, 0.2) is 17.3 Å². The van der Waals surface area contributed by atoms with Gasteiger partial charge in [-0.2, -0.15) is 0 Å². The van der Waals surface area contributed by atoms with Crippen LogP contribution >= 0.6 is 0 Å². The molecule has 0 spiro atoms. The Morgan fingerprint density at radius 1 is 1.06 bits per heavy atom. The van der Waals surface area contributed by atoms with Crippen LogP contribution in [0.3, 0.4) is 0 Å². The standard InChI is InChI=1S/C11H16O5/c1-11(2,3)9(14)5-7(12)8(13)6-10(15)16-4/h5-6,12-13H,1-4H3. The zero-order valence-corrected chi connectivity index (χ0v) is 9.77. The number of methoxy groups -OCH3 is 1. The Balaban J connectivity index is 4.87. The minimum absolute atomic E-state index is 0.366. The molecular weight excluding hydrogens is 212 g/mol. The van der Waals surface area contributed by atoms with E-state index in [-0.39, 0.29) is 5.78 Å². The van der Waals surface area contributed by atoms with Crippen molar-refractivity contribution >= 4 is 11.8 Å². The molecule has 5 heteroatoms. The third kappa shape index (κ3) is 4.63. The maximum absolute atomic E-state index is 11.4. The summed E-state index contributed by atoms with van der Waals surface area (Å²) in [4.78, 5) is 22.2. The van der Waals surface area contributed by atoms with Crippen LogP contribution in [0.25, 0.3) is 0 Å². The van der Waals surface area contributed by atoms with Gasteiger partial charge in [-0.25, -0.2) is 4.79 Å². The molecule has 0 saturated carbocycles. The summed E-state index contributed by atoms with van der Waals surface area (Å²) in [5.74, 6) is -2.55. The number of aliphatic hydroxyl groups excluding tert-OH is 2. The van der Waals surface area contributed by atoms with Crippen molar-refractivity contribution in [2.24, 2.45) is 5.41 Å². The number of hydrogen-bond acceptors (Lipinski definition) is 5. The molecule has 0 amide bonds. The molecule has 0 unspecified atom stereocenters. The number of carbonyl (C=O) groups is 2. The molecule has 0 bridgehead atoms. The normalized spacial score (nSPS) is 13.5. The Hall–Kier alpha value is -1.78. The Morgan fingerprint density at radius 2 is 1.50 bits per heavy atom. The summed E-state index contributed by atoms with van der Waals surface area (Å²) >= 11 is 0. The highest BCUT2D eigenvalue weighted by Gasteiger charge is 2.20. The van der Waals surface area contributed by atoms with Crippen molar-refractivity contribution < 1.29 is 24.5 Å². The molecule has 5 nitrogen and oxygen atoms in total. The Bertz CT molecular complexity index is 344. The number of ketones is 1. The Labute approximate surface area is 94.0 Å². The van der Waals surface area contributed by atoms with Crippen molar-refractivity contribution in [3.05, 3.63) is 23.7 Å². The lowest BCUT2D eigenvalue weighted by atomic mass is 9.90. The molecule has 0 radical (unpaired) electrons. The van der Waals surface area contributed by atoms with E-state index in [9.17, 15) is 19.8 Å². The van der Waals surface area contributed by atoms with Gasteiger partial charge in [0.25, 0.3) is 0 Å². The third-order valence-electron chi connectivity index (χ3n) is 1.73. The van der Waals surface area contributed by atoms with Gasteiger partial charge in [-0.3, -0.25) is 4.79 Å². The summed E-state index contributed by atoms with van der Waals surface area (Å²) < 4.78 is 4.24. The fourth-order valence-electron chi connectivity index (χ4n) is 0.659. The Morgan fingerprint density at radius 3 is 1.88 bits per heavy atom. The first kappa shape index (κ1) is 14.2. The minimum atomic E-state index is -0.819. The molecule has 0 heterocycles. The van der Waals surface area contributed by atoms with E-state index in [2.05, 4.69) is 4.74 Å². The number of aliphatic hydroxyl groups is 2. The number of esters is 1. The van der Waals surface area contributed by atoms with E-state index in [1.165, 1.54) is 0 Å². The summed E-state index contributed by atoms with van der Waals surface area (Å²) in [6.45, 7) is 5.00. The summed E-state index contributed by atoms with van der Waals surface area (Å²) in [7, 11) is 1.13. The van der Waals surface area contributed by atoms with Crippen molar-refractivity contribution in [3.8, 4) is 0 Å². The first-order chi connectivity index (χ1) is 7.18. The SMILES string of the molecule is COC(=O)C=C(O)C(O)=CC(=O)C(C)(C)C. The van der Waals surface area contributed by atoms with Gasteiger partial charge >= 0.3 is 5.97 Å². The maximum atomic E-state index is 11.4. The number of carbonyl (C=O) groups excluding carboxylic acids is 2. The molecule has 0 aliphatic heterocycles. The molecule has 90 valence electrons. The molecular formula is C11H16O5. The largest absolute Gasteiger partial charge is 0.504 e. The van der Waals surface area contributed by atoms with Gasteiger partial charge in [0, 0.05) is 11.5 Å². The monoisotopic (exact) mass is 228 g/mol. The van der Waals surface area contributed by atoms with Crippen LogP contribution in [0.2, 0.25) is 0 Å². The average molecular weight is 228 g/mol. The van der Waals surface area contributed by atoms with Crippen molar-refractivity contribution in [1.29, 1.82) is 0 Å². The fraction of sp³-hybridized carbons (Fsp3) is 0.455. The van der Waals surface area contributed by atoms with Crippen molar-refractivity contribution in [2.45, 2.75) is 20.8 Å². The van der Waals surface area contributed by atoms with Gasteiger partial charge < -0.3 is 14.9 Å². The predicted molar refractivity (Wildman–Crippen MR) is 57.9 cm³/mol. The molecule has 0 aromatic heterocycles. The molecule has 16 heavy (non-hydrogen) atoms. The highest BCUT2D eigenvalue weighted by molar-refractivity contribution is 5.95. The molecule has 0 aromatic rings. The second-order valence-electron chi connectivity index (χ2n) is 4.20. The molecule has 0 aliphatic carbocycles. The van der Waals surface area contributed by atoms with E-state index < -0.39 is 22.9 Å². The number of allylic oxidation sites excluding steroid dienone is 1. The van der Waals surface area contributed by atoms with Gasteiger partial charge in [0.2, 0.25) is 0 Å². The van der Waals surface area contributed by atoms with Gasteiger partial charge in [-0.15, -0.1) is 0 Å². The van der Waals surface area contributed by atoms with Crippen LogP contribution in [0.1, 0.15) is 20.8 Å². The predicted octanol–water partition coefficient (Wildman–Crippen LogP) is 1.66. The van der Waals surface area contributed by atoms with E-state index in [1.54, 1.807) is 20.8 Å². The van der Waals surface area contributed by atoms with E-state index in [1.807, 2.05) is 0 Å². The van der Waals surface area contributed by atoms with Gasteiger partial charge in [0.1, 0.15) is 0 Å². The third-order valence-corrected chi connectivity index (χ3v) is 1.73. The number of ether oxygens (including phenoxy) is 1. The zero-order chi connectivity index (χ0) is 12.9. The molecule has 0 saturated heterocycles. The van der Waals surface area contributed by atoms with Crippen LogP contribution in [-0.4, -0.2) is 29.1 Å². The molecule has 0 rings (SSSR count). The van der Waals surface area contributed by atoms with E-state index in [0.717, 1.165) is 13.2 Å². The second kappa shape index (κ2) is 5.34. The average Bonchev–Trinajstić information content (AvgIpc) is 2.15. The summed E-state index contributed by atoms with van der Waals surface area (Å²) in [6.07, 6.45) is 1.55. The molecule has 0 aromatic carbocycles. The van der Waals surface area contributed by atoms with E-state index >= 15 is 0 Å². The quantitative estimate of drug-likeness (QED) is 0.332. The summed E-state index contributed by atoms with van der Waals surface area (Å²) in [5, 5.41) is 18.5. The van der Waals surface area contributed by atoms with Crippen molar-refractivity contribution in [3.63, 3.8) is 0 Å². The molecule has 0 atom stereocenters. The first-order valence-corrected chi connectivity index (χ1v) is 4.62. The lowest BCUT2D eigenvalue weighted by Gasteiger charge is -2.13. The fourth-order valence-corrected chi connectivity index (χ4v) is 0.659. The van der Waals surface area contributed by atoms with Crippen molar-refractivity contribution in [1.82, 2.24) is 0 Å². The van der Waals surface area contributed by atoms with Gasteiger partial charge in [-0.1, -0.05) is 20.8 Å². The summed E-state index contributed by atoms with van der Waals surface area (Å²) in [5.41, 5.74) is -0.667. The highest BCUT2D eigenvalue weighted by atomic mass is 16.5. The van der Waals surface area contributed by atoms with E-state index in [4.69, 9.17) is 0 Å².